The van der Waals surface area contributed by atoms with Crippen molar-refractivity contribution in [2.75, 3.05) is 18.0 Å². The smallest absolute Gasteiger partial charge is 0.304 e. The summed E-state index contributed by atoms with van der Waals surface area (Å²) in [7, 11) is 0. The number of nitrogens with zero attached hydrogens (tertiary/aromatic N) is 6. The predicted octanol–water partition coefficient (Wildman–Crippen LogP) is 4.64. The fourth-order valence-electron chi connectivity index (χ4n) is 2.47. The molecule has 0 radical (unpaired) electrons. The molecule has 0 bridgehead atoms. The number of nitro benzene ring substituents is 2. The van der Waals surface area contributed by atoms with Crippen molar-refractivity contribution in [1.29, 1.82) is 5.26 Å². The summed E-state index contributed by atoms with van der Waals surface area (Å²) in [6.45, 7) is 5.76. The van der Waals surface area contributed by atoms with Gasteiger partial charge in [0.05, 0.1) is 27.2 Å². The van der Waals surface area contributed by atoms with Crippen LogP contribution >= 0.6 is 0 Å². The van der Waals surface area contributed by atoms with E-state index < -0.39 is 21.2 Å². The van der Waals surface area contributed by atoms with Gasteiger partial charge in [0.25, 0.3) is 5.69 Å². The molecule has 2 aromatic rings. The lowest BCUT2D eigenvalue weighted by Crippen LogP contribution is -2.21. The van der Waals surface area contributed by atoms with Crippen LogP contribution < -0.4 is 4.90 Å². The Kier molecular flexibility index (Phi) is 6.11. The Morgan fingerprint density at radius 3 is 2.15 bits per heavy atom. The minimum Gasteiger partial charge on any atom is -0.372 e. The molecule has 0 saturated carbocycles. The molecule has 0 aliphatic carbocycles. The van der Waals surface area contributed by atoms with Crippen molar-refractivity contribution < 1.29 is 9.85 Å². The van der Waals surface area contributed by atoms with Crippen LogP contribution in [0.25, 0.3) is 0 Å². The molecule has 0 N–H and O–H groups in total. The number of anilines is 1. The van der Waals surface area contributed by atoms with Crippen LogP contribution in [0.3, 0.4) is 0 Å². The van der Waals surface area contributed by atoms with Crippen LogP contribution in [0.1, 0.15) is 19.4 Å². The standard InChI is InChI=1S/C17H16N6O4/c1-3-21(4-2)14-7-5-13(6-8-14)19-20-17-12(11-18)9-15(22(24)25)10-16(17)23(26)27/h5-10H,3-4H2,1-2H3. The molecule has 0 atom stereocenters. The third-order valence-electron chi connectivity index (χ3n) is 3.85. The molecule has 0 aromatic heterocycles. The molecule has 0 aliphatic heterocycles. The number of hydrogen-bond donors (Lipinski definition) is 0. The number of hydrogen-bond acceptors (Lipinski definition) is 8. The van der Waals surface area contributed by atoms with E-state index in [1.54, 1.807) is 18.2 Å². The quantitative estimate of drug-likeness (QED) is 0.396. The highest BCUT2D eigenvalue weighted by molar-refractivity contribution is 5.70. The minimum absolute atomic E-state index is 0.292. The zero-order chi connectivity index (χ0) is 20.0. The normalized spacial score (nSPS) is 10.6. The number of benzene rings is 2. The molecule has 2 rings (SSSR count). The van der Waals surface area contributed by atoms with Gasteiger partial charge < -0.3 is 4.90 Å². The Balaban J connectivity index is 2.43. The summed E-state index contributed by atoms with van der Waals surface area (Å²) in [4.78, 5) is 22.6. The molecule has 0 spiro atoms. The number of non-ortho nitro benzene ring substituents is 1. The topological polar surface area (TPSA) is 138 Å². The second kappa shape index (κ2) is 8.48. The lowest BCUT2D eigenvalue weighted by molar-refractivity contribution is -0.393. The van der Waals surface area contributed by atoms with Crippen molar-refractivity contribution in [3.8, 4) is 6.07 Å². The van der Waals surface area contributed by atoms with E-state index in [9.17, 15) is 25.5 Å². The average molecular weight is 368 g/mol. The highest BCUT2D eigenvalue weighted by Crippen LogP contribution is 2.36. The van der Waals surface area contributed by atoms with Crippen molar-refractivity contribution in [2.45, 2.75) is 13.8 Å². The van der Waals surface area contributed by atoms with Gasteiger partial charge in [-0.25, -0.2) is 0 Å². The first kappa shape index (κ1) is 19.5. The Morgan fingerprint density at radius 2 is 1.67 bits per heavy atom. The van der Waals surface area contributed by atoms with E-state index in [2.05, 4.69) is 15.1 Å². The monoisotopic (exact) mass is 368 g/mol. The largest absolute Gasteiger partial charge is 0.372 e. The van der Waals surface area contributed by atoms with Crippen molar-refractivity contribution in [3.63, 3.8) is 0 Å². The molecule has 10 nitrogen and oxygen atoms in total. The van der Waals surface area contributed by atoms with Crippen molar-refractivity contribution in [3.05, 3.63) is 62.2 Å². The van der Waals surface area contributed by atoms with E-state index in [1.165, 1.54) is 0 Å². The Morgan fingerprint density at radius 1 is 1.04 bits per heavy atom. The predicted molar refractivity (Wildman–Crippen MR) is 98.6 cm³/mol. The third-order valence-corrected chi connectivity index (χ3v) is 3.85. The summed E-state index contributed by atoms with van der Waals surface area (Å²) < 4.78 is 0. The van der Waals surface area contributed by atoms with Gasteiger partial charge in [0, 0.05) is 24.8 Å². The highest BCUT2D eigenvalue weighted by Gasteiger charge is 2.24. The second-order valence-corrected chi connectivity index (χ2v) is 5.38. The molecule has 0 fully saturated rings. The molecule has 138 valence electrons. The van der Waals surface area contributed by atoms with Gasteiger partial charge in [-0.3, -0.25) is 20.2 Å². The molecule has 27 heavy (non-hydrogen) atoms. The SMILES string of the molecule is CCN(CC)c1ccc(N=Nc2c(C#N)cc([N+](=O)[O-])cc2[N+](=O)[O-])cc1. The zero-order valence-electron chi connectivity index (χ0n) is 14.7. The molecular weight excluding hydrogens is 352 g/mol. The average Bonchev–Trinajstić information content (AvgIpc) is 2.67. The zero-order valence-corrected chi connectivity index (χ0v) is 14.7. The maximum Gasteiger partial charge on any atom is 0.304 e. The fourth-order valence-corrected chi connectivity index (χ4v) is 2.47. The molecule has 0 saturated heterocycles. The summed E-state index contributed by atoms with van der Waals surface area (Å²) in [6, 6.07) is 10.5. The first-order chi connectivity index (χ1) is 12.9. The van der Waals surface area contributed by atoms with Crippen LogP contribution in [0.4, 0.5) is 28.4 Å². The molecule has 10 heteroatoms. The van der Waals surface area contributed by atoms with Crippen LogP contribution in [0.5, 0.6) is 0 Å². The van der Waals surface area contributed by atoms with Gasteiger partial charge in [-0.05, 0) is 38.1 Å². The molecule has 0 amide bonds. The van der Waals surface area contributed by atoms with Gasteiger partial charge in [0.2, 0.25) is 0 Å². The lowest BCUT2D eigenvalue weighted by atomic mass is 10.1. The molecule has 2 aromatic carbocycles. The van der Waals surface area contributed by atoms with Gasteiger partial charge in [0.15, 0.2) is 5.69 Å². The molecule has 0 unspecified atom stereocenters. The maximum atomic E-state index is 11.2. The van der Waals surface area contributed by atoms with Crippen LogP contribution in [0.15, 0.2) is 46.6 Å². The van der Waals surface area contributed by atoms with Gasteiger partial charge >= 0.3 is 5.69 Å². The van der Waals surface area contributed by atoms with Crippen molar-refractivity contribution >= 4 is 28.4 Å². The number of nitriles is 1. The Bertz CT molecular complexity index is 930. The van der Waals surface area contributed by atoms with E-state index in [-0.39, 0.29) is 11.3 Å². The lowest BCUT2D eigenvalue weighted by Gasteiger charge is -2.20. The van der Waals surface area contributed by atoms with E-state index in [0.29, 0.717) is 5.69 Å². The van der Waals surface area contributed by atoms with Crippen LogP contribution in [-0.4, -0.2) is 22.9 Å². The molecule has 0 heterocycles. The summed E-state index contributed by atoms with van der Waals surface area (Å²) in [5.41, 5.74) is -0.384. The number of azo groups is 1. The fraction of sp³-hybridized carbons (Fsp3) is 0.235. The summed E-state index contributed by atoms with van der Waals surface area (Å²) in [5, 5.41) is 39.0. The minimum atomic E-state index is -0.828. The van der Waals surface area contributed by atoms with Gasteiger partial charge in [-0.2, -0.15) is 10.4 Å². The summed E-state index contributed by atoms with van der Waals surface area (Å²) >= 11 is 0. The van der Waals surface area contributed by atoms with Crippen LogP contribution in [0.2, 0.25) is 0 Å². The number of rotatable bonds is 7. The van der Waals surface area contributed by atoms with E-state index in [1.807, 2.05) is 26.0 Å². The molecular formula is C17H16N6O4. The van der Waals surface area contributed by atoms with E-state index >= 15 is 0 Å². The molecule has 0 aliphatic rings. The van der Waals surface area contributed by atoms with Crippen molar-refractivity contribution in [1.82, 2.24) is 0 Å². The Hall–Kier alpha value is -3.87. The first-order valence-corrected chi connectivity index (χ1v) is 8.04. The van der Waals surface area contributed by atoms with Crippen LogP contribution in [-0.2, 0) is 0 Å². The third kappa shape index (κ3) is 4.40. The van der Waals surface area contributed by atoms with E-state index in [4.69, 9.17) is 0 Å². The van der Waals surface area contributed by atoms with Gasteiger partial charge in [-0.15, -0.1) is 5.11 Å². The maximum absolute atomic E-state index is 11.2. The Labute approximate surface area is 154 Å². The second-order valence-electron chi connectivity index (χ2n) is 5.38. The van der Waals surface area contributed by atoms with Crippen molar-refractivity contribution in [2.24, 2.45) is 10.2 Å². The van der Waals surface area contributed by atoms with Gasteiger partial charge in [-0.1, -0.05) is 0 Å². The number of nitro groups is 2. The first-order valence-electron chi connectivity index (χ1n) is 8.04. The van der Waals surface area contributed by atoms with E-state index in [0.717, 1.165) is 30.9 Å². The highest BCUT2D eigenvalue weighted by atomic mass is 16.6. The summed E-state index contributed by atoms with van der Waals surface area (Å²) in [5.74, 6) is 0. The summed E-state index contributed by atoms with van der Waals surface area (Å²) in [6.07, 6.45) is 0. The van der Waals surface area contributed by atoms with Gasteiger partial charge in [0.1, 0.15) is 6.07 Å². The van der Waals surface area contributed by atoms with Crippen LogP contribution in [0, 0.1) is 31.6 Å².